The van der Waals surface area contributed by atoms with E-state index in [4.69, 9.17) is 4.74 Å². The molecule has 2 aliphatic rings. The highest BCUT2D eigenvalue weighted by Crippen LogP contribution is 2.28. The van der Waals surface area contributed by atoms with Crippen molar-refractivity contribution in [2.75, 3.05) is 31.1 Å². The minimum Gasteiger partial charge on any atom is -0.449 e. The van der Waals surface area contributed by atoms with E-state index in [0.717, 1.165) is 29.3 Å². The number of ether oxygens (including phenoxy) is 1. The minimum atomic E-state index is -0.497. The number of hydrogen-bond donors (Lipinski definition) is 4. The van der Waals surface area contributed by atoms with E-state index in [0.29, 0.717) is 38.2 Å². The smallest absolute Gasteiger partial charge is 0.414 e. The molecule has 1 aliphatic carbocycles. The van der Waals surface area contributed by atoms with E-state index in [2.05, 4.69) is 34.8 Å². The molecule has 1 saturated heterocycles. The first kappa shape index (κ1) is 32.8. The lowest BCUT2D eigenvalue weighted by Gasteiger charge is -2.27. The molecule has 4 N–H and O–H groups in total. The van der Waals surface area contributed by atoms with Crippen LogP contribution in [0.4, 0.5) is 10.5 Å². The molecule has 0 radical (unpaired) electrons. The van der Waals surface area contributed by atoms with Crippen LogP contribution < -0.4 is 26.2 Å². The third-order valence-corrected chi connectivity index (χ3v) is 8.54. The fraction of sp³-hybridized carbons (Fsp3) is 0.378. The molecule has 9 nitrogen and oxygen atoms in total. The number of rotatable bonds is 15. The van der Waals surface area contributed by atoms with E-state index in [9.17, 15) is 14.4 Å². The quantitative estimate of drug-likeness (QED) is 0.182. The van der Waals surface area contributed by atoms with Crippen molar-refractivity contribution in [2.24, 2.45) is 5.92 Å². The molecule has 1 heterocycles. The number of amides is 3. The molecular weight excluding hydrogens is 578 g/mol. The third-order valence-electron chi connectivity index (χ3n) is 8.54. The maximum absolute atomic E-state index is 13.9. The van der Waals surface area contributed by atoms with E-state index in [-0.39, 0.29) is 41.1 Å². The Labute approximate surface area is 271 Å². The van der Waals surface area contributed by atoms with Crippen molar-refractivity contribution in [1.82, 2.24) is 21.3 Å². The number of hydrogen-bond acceptors (Lipinski definition) is 6. The van der Waals surface area contributed by atoms with Crippen LogP contribution in [0.2, 0.25) is 0 Å². The fourth-order valence-electron chi connectivity index (χ4n) is 5.45. The molecular formula is C37H45N5O4. The van der Waals surface area contributed by atoms with Crippen molar-refractivity contribution >= 4 is 23.6 Å². The summed E-state index contributed by atoms with van der Waals surface area (Å²) in [5.41, 5.74) is 3.99. The van der Waals surface area contributed by atoms with E-state index in [1.54, 1.807) is 18.2 Å². The van der Waals surface area contributed by atoms with Crippen molar-refractivity contribution in [1.29, 1.82) is 0 Å². The van der Waals surface area contributed by atoms with Gasteiger partial charge in [0.25, 0.3) is 11.8 Å². The molecule has 242 valence electrons. The Kier molecular flexibility index (Phi) is 11.1. The van der Waals surface area contributed by atoms with Gasteiger partial charge < -0.3 is 26.0 Å². The highest BCUT2D eigenvalue weighted by molar-refractivity contribution is 6.02. The molecule has 0 aromatic heterocycles. The van der Waals surface area contributed by atoms with Gasteiger partial charge in [0.1, 0.15) is 0 Å². The second-order valence-corrected chi connectivity index (χ2v) is 12.3. The van der Waals surface area contributed by atoms with Crippen LogP contribution in [0.15, 0.2) is 91.1 Å². The van der Waals surface area contributed by atoms with Crippen LogP contribution in [0.3, 0.4) is 0 Å². The van der Waals surface area contributed by atoms with Gasteiger partial charge in [-0.3, -0.25) is 14.5 Å². The van der Waals surface area contributed by atoms with Gasteiger partial charge in [-0.25, -0.2) is 4.79 Å². The first-order chi connectivity index (χ1) is 22.3. The van der Waals surface area contributed by atoms with Crippen molar-refractivity contribution < 1.29 is 19.1 Å². The van der Waals surface area contributed by atoms with Gasteiger partial charge in [-0.2, -0.15) is 0 Å². The summed E-state index contributed by atoms with van der Waals surface area (Å²) in [4.78, 5) is 41.6. The number of anilines is 1. The molecule has 3 aromatic rings. The van der Waals surface area contributed by atoms with Crippen LogP contribution in [-0.4, -0.2) is 56.2 Å². The van der Waals surface area contributed by atoms with Crippen LogP contribution in [0.25, 0.3) is 0 Å². The minimum absolute atomic E-state index is 0.00395. The second kappa shape index (κ2) is 15.6. The highest BCUT2D eigenvalue weighted by Gasteiger charge is 2.26. The number of cyclic esters (lactones) is 1. The van der Waals surface area contributed by atoms with Crippen LogP contribution in [0.1, 0.15) is 71.0 Å². The van der Waals surface area contributed by atoms with Crippen molar-refractivity contribution in [3.05, 3.63) is 113 Å². The number of carbonyl (C=O) groups is 3. The van der Waals surface area contributed by atoms with Gasteiger partial charge in [-0.1, -0.05) is 67.2 Å². The van der Waals surface area contributed by atoms with Gasteiger partial charge >= 0.3 is 6.09 Å². The van der Waals surface area contributed by atoms with Crippen molar-refractivity contribution in [2.45, 2.75) is 57.7 Å². The zero-order valence-electron chi connectivity index (χ0n) is 26.8. The Bertz CT molecular complexity index is 1510. The topological polar surface area (TPSA) is 112 Å². The lowest BCUT2D eigenvalue weighted by molar-refractivity contribution is 0.0935. The standard InChI is InChI=1S/C37H45N5O4/c1-25(38-23-29-15-16-29)26(2)39-24-33(19-28-11-6-4-7-12-28)41-36(44)32-20-31(21-34(22-32)42-17-10-18-46-37(42)45)35(43)40-27(3)30-13-8-5-9-14-30/h4-9,11-14,20-22,26-27,29,33,38-39H,1,10,15-19,23-24H2,2-3H3,(H,40,43)(H,41,44)/t26-,27+,33-/m0/s1. The first-order valence-corrected chi connectivity index (χ1v) is 16.2. The zero-order chi connectivity index (χ0) is 32.5. The van der Waals surface area contributed by atoms with E-state index in [1.165, 1.54) is 17.7 Å². The van der Waals surface area contributed by atoms with Crippen LogP contribution in [-0.2, 0) is 11.2 Å². The monoisotopic (exact) mass is 623 g/mol. The summed E-state index contributed by atoms with van der Waals surface area (Å²) in [5, 5.41) is 13.2. The number of benzene rings is 3. The summed E-state index contributed by atoms with van der Waals surface area (Å²) in [6.45, 7) is 10.4. The Balaban J connectivity index is 1.35. The molecule has 46 heavy (non-hydrogen) atoms. The highest BCUT2D eigenvalue weighted by atomic mass is 16.6. The maximum atomic E-state index is 13.9. The summed E-state index contributed by atoms with van der Waals surface area (Å²) >= 11 is 0. The average Bonchev–Trinajstić information content (AvgIpc) is 3.91. The number of nitrogens with zero attached hydrogens (tertiary/aromatic N) is 1. The molecule has 1 aliphatic heterocycles. The van der Waals surface area contributed by atoms with Gasteiger partial charge in [0.05, 0.1) is 12.6 Å². The Morgan fingerprint density at radius 1 is 0.935 bits per heavy atom. The molecule has 0 spiro atoms. The Morgan fingerprint density at radius 3 is 2.24 bits per heavy atom. The lowest BCUT2D eigenvalue weighted by atomic mass is 10.0. The summed E-state index contributed by atoms with van der Waals surface area (Å²) in [7, 11) is 0. The number of nitrogens with one attached hydrogen (secondary N) is 4. The van der Waals surface area contributed by atoms with Crippen molar-refractivity contribution in [3.8, 4) is 0 Å². The summed E-state index contributed by atoms with van der Waals surface area (Å²) < 4.78 is 5.27. The summed E-state index contributed by atoms with van der Waals surface area (Å²) in [6, 6.07) is 24.0. The normalized spacial score (nSPS) is 16.5. The number of carbonyl (C=O) groups excluding carboxylic acids is 3. The predicted molar refractivity (Wildman–Crippen MR) is 181 cm³/mol. The maximum Gasteiger partial charge on any atom is 0.414 e. The van der Waals surface area contributed by atoms with Crippen LogP contribution in [0.5, 0.6) is 0 Å². The Morgan fingerprint density at radius 2 is 1.59 bits per heavy atom. The molecule has 3 amide bonds. The van der Waals surface area contributed by atoms with Gasteiger partial charge in [0.2, 0.25) is 0 Å². The van der Waals surface area contributed by atoms with E-state index >= 15 is 0 Å². The molecule has 1 saturated carbocycles. The second-order valence-electron chi connectivity index (χ2n) is 12.3. The summed E-state index contributed by atoms with van der Waals surface area (Å²) in [6.07, 6.45) is 3.29. The average molecular weight is 624 g/mol. The molecule has 2 fully saturated rings. The molecule has 9 heteroatoms. The van der Waals surface area contributed by atoms with Gasteiger partial charge in [0.15, 0.2) is 0 Å². The molecule has 5 rings (SSSR count). The van der Waals surface area contributed by atoms with Gasteiger partial charge in [-0.05, 0) is 74.8 Å². The van der Waals surface area contributed by atoms with E-state index < -0.39 is 6.09 Å². The zero-order valence-corrected chi connectivity index (χ0v) is 26.8. The van der Waals surface area contributed by atoms with E-state index in [1.807, 2.05) is 67.6 Å². The van der Waals surface area contributed by atoms with Gasteiger partial charge in [0, 0.05) is 54.2 Å². The predicted octanol–water partition coefficient (Wildman–Crippen LogP) is 5.36. The fourth-order valence-corrected chi connectivity index (χ4v) is 5.45. The summed E-state index contributed by atoms with van der Waals surface area (Å²) in [5.74, 6) is 0.0646. The largest absolute Gasteiger partial charge is 0.449 e. The molecule has 3 aromatic carbocycles. The SMILES string of the molecule is C=C(NCC1CC1)[C@H](C)NC[C@H](Cc1ccccc1)NC(=O)c1cc(C(=O)N[C@H](C)c2ccccc2)cc(N2CCCOC2=O)c1. The van der Waals surface area contributed by atoms with Crippen molar-refractivity contribution in [3.63, 3.8) is 0 Å². The third kappa shape index (κ3) is 9.20. The van der Waals surface area contributed by atoms with Crippen LogP contribution >= 0.6 is 0 Å². The molecule has 0 unspecified atom stereocenters. The first-order valence-electron chi connectivity index (χ1n) is 16.2. The van der Waals surface area contributed by atoms with Gasteiger partial charge in [-0.15, -0.1) is 0 Å². The molecule has 3 atom stereocenters. The van der Waals surface area contributed by atoms with Crippen LogP contribution in [0, 0.1) is 5.92 Å². The lowest BCUT2D eigenvalue weighted by Crippen LogP contribution is -2.47. The molecule has 0 bridgehead atoms. The Hall–Kier alpha value is -4.63.